The summed E-state index contributed by atoms with van der Waals surface area (Å²) in [6.45, 7) is 0. The standard InChI is InChI=1S/C6H5N5O/c7-5(12)6-8-3-11-4(10-6)1-2-9-11/h1-3H,(H2,7,12). The summed E-state index contributed by atoms with van der Waals surface area (Å²) in [6.07, 6.45) is 2.96. The van der Waals surface area contributed by atoms with Gasteiger partial charge in [0.05, 0.1) is 6.20 Å². The molecule has 0 fully saturated rings. The minimum absolute atomic E-state index is 0.00278. The molecular weight excluding hydrogens is 158 g/mol. The number of hydrogen-bond acceptors (Lipinski definition) is 4. The summed E-state index contributed by atoms with van der Waals surface area (Å²) in [6, 6.07) is 1.66. The maximum absolute atomic E-state index is 10.6. The van der Waals surface area contributed by atoms with Gasteiger partial charge >= 0.3 is 0 Å². The van der Waals surface area contributed by atoms with Crippen LogP contribution in [0.15, 0.2) is 18.6 Å². The van der Waals surface area contributed by atoms with Crippen molar-refractivity contribution in [2.45, 2.75) is 0 Å². The zero-order valence-corrected chi connectivity index (χ0v) is 6.01. The lowest BCUT2D eigenvalue weighted by atomic mass is 10.5. The number of rotatable bonds is 1. The highest BCUT2D eigenvalue weighted by molar-refractivity contribution is 5.89. The highest BCUT2D eigenvalue weighted by Crippen LogP contribution is 1.96. The van der Waals surface area contributed by atoms with Crippen LogP contribution in [0.4, 0.5) is 0 Å². The third kappa shape index (κ3) is 0.895. The highest BCUT2D eigenvalue weighted by Gasteiger charge is 2.04. The highest BCUT2D eigenvalue weighted by atomic mass is 16.1. The van der Waals surface area contributed by atoms with E-state index in [-0.39, 0.29) is 5.82 Å². The van der Waals surface area contributed by atoms with Crippen LogP contribution in [0.1, 0.15) is 10.6 Å². The molecule has 6 heteroatoms. The van der Waals surface area contributed by atoms with Gasteiger partial charge in [-0.2, -0.15) is 5.10 Å². The van der Waals surface area contributed by atoms with Crippen LogP contribution >= 0.6 is 0 Å². The molecule has 2 heterocycles. The lowest BCUT2D eigenvalue weighted by Gasteiger charge is -1.93. The largest absolute Gasteiger partial charge is 0.363 e. The molecule has 0 radical (unpaired) electrons. The molecule has 0 aliphatic heterocycles. The van der Waals surface area contributed by atoms with Gasteiger partial charge in [-0.15, -0.1) is 0 Å². The van der Waals surface area contributed by atoms with Gasteiger partial charge in [-0.05, 0) is 0 Å². The van der Waals surface area contributed by atoms with Crippen LogP contribution in [-0.2, 0) is 0 Å². The summed E-state index contributed by atoms with van der Waals surface area (Å²) in [4.78, 5) is 18.2. The molecule has 1 amide bonds. The van der Waals surface area contributed by atoms with E-state index in [1.807, 2.05) is 0 Å². The minimum Gasteiger partial charge on any atom is -0.363 e. The zero-order chi connectivity index (χ0) is 8.55. The van der Waals surface area contributed by atoms with Gasteiger partial charge in [0.15, 0.2) is 5.65 Å². The van der Waals surface area contributed by atoms with Gasteiger partial charge in [0, 0.05) is 6.07 Å². The molecular formula is C6H5N5O. The molecule has 0 saturated heterocycles. The Morgan fingerprint density at radius 1 is 1.58 bits per heavy atom. The van der Waals surface area contributed by atoms with Crippen LogP contribution in [0.5, 0.6) is 0 Å². The first-order chi connectivity index (χ1) is 5.77. The quantitative estimate of drug-likeness (QED) is 0.597. The molecule has 0 unspecified atom stereocenters. The third-order valence-electron chi connectivity index (χ3n) is 1.38. The summed E-state index contributed by atoms with van der Waals surface area (Å²) in [7, 11) is 0. The van der Waals surface area contributed by atoms with Gasteiger partial charge < -0.3 is 5.73 Å². The second kappa shape index (κ2) is 2.26. The predicted octanol–water partition coefficient (Wildman–Crippen LogP) is -0.777. The van der Waals surface area contributed by atoms with Crippen molar-refractivity contribution in [3.63, 3.8) is 0 Å². The van der Waals surface area contributed by atoms with E-state index < -0.39 is 5.91 Å². The van der Waals surface area contributed by atoms with Crippen LogP contribution < -0.4 is 5.73 Å². The molecule has 2 N–H and O–H groups in total. The summed E-state index contributed by atoms with van der Waals surface area (Å²) < 4.78 is 1.45. The lowest BCUT2D eigenvalue weighted by Crippen LogP contribution is -2.15. The second-order valence-electron chi connectivity index (χ2n) is 2.18. The van der Waals surface area contributed by atoms with Crippen LogP contribution in [0.3, 0.4) is 0 Å². The first-order valence-corrected chi connectivity index (χ1v) is 3.23. The topological polar surface area (TPSA) is 86.2 Å². The van der Waals surface area contributed by atoms with E-state index in [1.165, 1.54) is 10.8 Å². The molecule has 12 heavy (non-hydrogen) atoms. The number of primary amides is 1. The molecule has 0 spiro atoms. The van der Waals surface area contributed by atoms with Gasteiger partial charge in [-0.1, -0.05) is 0 Å². The monoisotopic (exact) mass is 163 g/mol. The Hall–Kier alpha value is -1.98. The van der Waals surface area contributed by atoms with Crippen molar-refractivity contribution < 1.29 is 4.79 Å². The normalized spacial score (nSPS) is 10.3. The summed E-state index contributed by atoms with van der Waals surface area (Å²) >= 11 is 0. The fourth-order valence-corrected chi connectivity index (χ4v) is 0.850. The molecule has 0 aliphatic carbocycles. The van der Waals surface area contributed by atoms with E-state index in [9.17, 15) is 4.79 Å². The van der Waals surface area contributed by atoms with E-state index >= 15 is 0 Å². The van der Waals surface area contributed by atoms with Gasteiger partial charge in [-0.3, -0.25) is 4.79 Å². The lowest BCUT2D eigenvalue weighted by molar-refractivity contribution is 0.0990. The van der Waals surface area contributed by atoms with Crippen LogP contribution in [0.25, 0.3) is 5.65 Å². The molecule has 2 rings (SSSR count). The smallest absolute Gasteiger partial charge is 0.286 e. The van der Waals surface area contributed by atoms with Crippen molar-refractivity contribution in [2.24, 2.45) is 5.73 Å². The van der Waals surface area contributed by atoms with Crippen molar-refractivity contribution in [1.29, 1.82) is 0 Å². The Kier molecular flexibility index (Phi) is 1.26. The molecule has 0 bridgehead atoms. The fraction of sp³-hybridized carbons (Fsp3) is 0. The summed E-state index contributed by atoms with van der Waals surface area (Å²) in [5.74, 6) is -0.637. The minimum atomic E-state index is -0.640. The van der Waals surface area contributed by atoms with Crippen LogP contribution in [-0.4, -0.2) is 25.5 Å². The number of aromatic nitrogens is 4. The van der Waals surface area contributed by atoms with E-state index in [0.29, 0.717) is 5.65 Å². The SMILES string of the molecule is NC(=O)c1ncn2nccc2n1. The Morgan fingerprint density at radius 3 is 3.17 bits per heavy atom. The molecule has 0 atom stereocenters. The number of fused-ring (bicyclic) bond motifs is 1. The number of hydrogen-bond donors (Lipinski definition) is 1. The maximum Gasteiger partial charge on any atom is 0.286 e. The third-order valence-corrected chi connectivity index (χ3v) is 1.38. The molecule has 0 aliphatic rings. The molecule has 2 aromatic rings. The van der Waals surface area contributed by atoms with Crippen LogP contribution in [0, 0.1) is 0 Å². The first-order valence-electron chi connectivity index (χ1n) is 3.23. The molecule has 60 valence electrons. The van der Waals surface area contributed by atoms with Gasteiger partial charge in [0.1, 0.15) is 6.33 Å². The average Bonchev–Trinajstić information content (AvgIpc) is 2.49. The Balaban J connectivity index is 2.68. The Labute approximate surface area is 67.0 Å². The molecule has 0 saturated carbocycles. The van der Waals surface area contributed by atoms with Gasteiger partial charge in [0.2, 0.25) is 5.82 Å². The van der Waals surface area contributed by atoms with E-state index in [1.54, 1.807) is 12.3 Å². The van der Waals surface area contributed by atoms with E-state index in [0.717, 1.165) is 0 Å². The molecule has 2 aromatic heterocycles. The predicted molar refractivity (Wildman–Crippen MR) is 39.3 cm³/mol. The van der Waals surface area contributed by atoms with Gasteiger partial charge in [0.25, 0.3) is 5.91 Å². The summed E-state index contributed by atoms with van der Waals surface area (Å²) in [5.41, 5.74) is 5.53. The fourth-order valence-electron chi connectivity index (χ4n) is 0.850. The Bertz CT molecular complexity index is 434. The van der Waals surface area contributed by atoms with E-state index in [4.69, 9.17) is 5.73 Å². The van der Waals surface area contributed by atoms with Crippen molar-refractivity contribution in [3.8, 4) is 0 Å². The number of carbonyl (C=O) groups is 1. The summed E-state index contributed by atoms with van der Waals surface area (Å²) in [5, 5.41) is 3.86. The van der Waals surface area contributed by atoms with Crippen molar-refractivity contribution in [1.82, 2.24) is 19.6 Å². The number of nitrogens with two attached hydrogens (primary N) is 1. The number of nitrogens with zero attached hydrogens (tertiary/aromatic N) is 4. The van der Waals surface area contributed by atoms with Crippen molar-refractivity contribution >= 4 is 11.6 Å². The van der Waals surface area contributed by atoms with E-state index in [2.05, 4.69) is 15.1 Å². The second-order valence-corrected chi connectivity index (χ2v) is 2.18. The number of carbonyl (C=O) groups excluding carboxylic acids is 1. The van der Waals surface area contributed by atoms with Crippen molar-refractivity contribution in [3.05, 3.63) is 24.4 Å². The maximum atomic E-state index is 10.6. The average molecular weight is 163 g/mol. The zero-order valence-electron chi connectivity index (χ0n) is 6.01. The molecule has 6 nitrogen and oxygen atoms in total. The van der Waals surface area contributed by atoms with Crippen molar-refractivity contribution in [2.75, 3.05) is 0 Å². The first kappa shape index (κ1) is 6.71. The molecule has 0 aromatic carbocycles. The van der Waals surface area contributed by atoms with Crippen LogP contribution in [0.2, 0.25) is 0 Å². The van der Waals surface area contributed by atoms with Gasteiger partial charge in [-0.25, -0.2) is 14.5 Å². The number of amides is 1. The Morgan fingerprint density at radius 2 is 2.42 bits per heavy atom.